The number of rotatable bonds is 4. The van der Waals surface area contributed by atoms with Crippen LogP contribution in [0.1, 0.15) is 25.7 Å². The van der Waals surface area contributed by atoms with Crippen molar-refractivity contribution in [2.75, 3.05) is 13.6 Å². The first kappa shape index (κ1) is 11.7. The van der Waals surface area contributed by atoms with Crippen molar-refractivity contribution in [3.63, 3.8) is 0 Å². The van der Waals surface area contributed by atoms with E-state index >= 15 is 0 Å². The quantitative estimate of drug-likeness (QED) is 0.518. The fourth-order valence-corrected chi connectivity index (χ4v) is 1.81. The average molecular weight is 207 g/mol. The van der Waals surface area contributed by atoms with Crippen LogP contribution in [0.4, 0.5) is 0 Å². The Kier molecular flexibility index (Phi) is 4.32. The lowest BCUT2D eigenvalue weighted by Gasteiger charge is -2.19. The van der Waals surface area contributed by atoms with E-state index in [4.69, 9.17) is 0 Å². The summed E-state index contributed by atoms with van der Waals surface area (Å²) in [5.74, 6) is -0.302. The first-order valence-corrected chi connectivity index (χ1v) is 5.28. The first-order valence-electron chi connectivity index (χ1n) is 5.28. The zero-order chi connectivity index (χ0) is 11.3. The summed E-state index contributed by atoms with van der Waals surface area (Å²) in [5, 5.41) is 0. The zero-order valence-electron chi connectivity index (χ0n) is 9.16. The van der Waals surface area contributed by atoms with Crippen LogP contribution in [0.25, 0.3) is 0 Å². The molecule has 1 rings (SSSR count). The molecule has 0 aromatic heterocycles. The number of hydrogen-bond donors (Lipinski definition) is 0. The fraction of sp³-hybridized carbons (Fsp3) is 0.583. The lowest BCUT2D eigenvalue weighted by atomic mass is 10.1. The summed E-state index contributed by atoms with van der Waals surface area (Å²) < 4.78 is 0. The number of carbonyl (C=O) groups is 2. The molecular weight excluding hydrogens is 190 g/mol. The second-order valence-corrected chi connectivity index (χ2v) is 3.87. The highest BCUT2D eigenvalue weighted by Gasteiger charge is 2.32. The molecular formula is C12H17NO2. The third-order valence-electron chi connectivity index (χ3n) is 2.73. The molecule has 15 heavy (non-hydrogen) atoms. The van der Waals surface area contributed by atoms with Crippen molar-refractivity contribution in [1.82, 2.24) is 4.90 Å². The van der Waals surface area contributed by atoms with E-state index in [2.05, 4.69) is 12.3 Å². The molecule has 0 aromatic rings. The van der Waals surface area contributed by atoms with E-state index in [1.807, 2.05) is 0 Å². The van der Waals surface area contributed by atoms with Crippen molar-refractivity contribution in [2.45, 2.75) is 25.7 Å². The van der Waals surface area contributed by atoms with Gasteiger partial charge in [-0.1, -0.05) is 6.58 Å². The molecule has 3 heteroatoms. The van der Waals surface area contributed by atoms with E-state index in [9.17, 15) is 9.59 Å². The van der Waals surface area contributed by atoms with E-state index in [1.54, 1.807) is 18.0 Å². The van der Waals surface area contributed by atoms with Crippen molar-refractivity contribution in [2.24, 2.45) is 5.92 Å². The van der Waals surface area contributed by atoms with Crippen LogP contribution in [-0.2, 0) is 9.59 Å². The molecule has 3 nitrogen and oxygen atoms in total. The van der Waals surface area contributed by atoms with Gasteiger partial charge in [0, 0.05) is 20.0 Å². The Balaban J connectivity index is 2.44. The maximum atomic E-state index is 11.8. The van der Waals surface area contributed by atoms with Gasteiger partial charge < -0.3 is 4.90 Å². The Morgan fingerprint density at radius 2 is 2.47 bits per heavy atom. The molecule has 1 amide bonds. The molecule has 82 valence electrons. The summed E-state index contributed by atoms with van der Waals surface area (Å²) >= 11 is 0. The van der Waals surface area contributed by atoms with Crippen molar-refractivity contribution in [1.29, 1.82) is 0 Å². The number of amides is 1. The Hall–Kier alpha value is -1.34. The van der Waals surface area contributed by atoms with Crippen LogP contribution >= 0.6 is 0 Å². The molecule has 0 aliphatic heterocycles. The molecule has 1 saturated carbocycles. The normalized spacial score (nSPS) is 19.8. The Morgan fingerprint density at radius 3 is 3.00 bits per heavy atom. The van der Waals surface area contributed by atoms with Gasteiger partial charge in [0.05, 0.1) is 5.92 Å². The van der Waals surface area contributed by atoms with E-state index < -0.39 is 0 Å². The Bertz CT molecular complexity index is 303. The summed E-state index contributed by atoms with van der Waals surface area (Å²) in [6.07, 6.45) is 4.68. The Labute approximate surface area is 90.5 Å². The third kappa shape index (κ3) is 3.07. The van der Waals surface area contributed by atoms with E-state index in [0.29, 0.717) is 13.0 Å². The van der Waals surface area contributed by atoms with Crippen LogP contribution < -0.4 is 0 Å². The van der Waals surface area contributed by atoms with E-state index in [-0.39, 0.29) is 17.6 Å². The van der Waals surface area contributed by atoms with Gasteiger partial charge in [-0.2, -0.15) is 0 Å². The van der Waals surface area contributed by atoms with Crippen molar-refractivity contribution >= 4 is 11.7 Å². The molecule has 1 atom stereocenters. The molecule has 0 N–H and O–H groups in total. The zero-order valence-corrected chi connectivity index (χ0v) is 9.16. The topological polar surface area (TPSA) is 37.4 Å². The van der Waals surface area contributed by atoms with Gasteiger partial charge in [0.1, 0.15) is 5.78 Å². The highest BCUT2D eigenvalue weighted by Crippen LogP contribution is 2.22. The molecule has 0 spiro atoms. The highest BCUT2D eigenvalue weighted by atomic mass is 16.2. The first-order chi connectivity index (χ1) is 7.16. The van der Waals surface area contributed by atoms with Gasteiger partial charge in [-0.3, -0.25) is 9.59 Å². The van der Waals surface area contributed by atoms with Crippen molar-refractivity contribution in [3.8, 4) is 0 Å². The van der Waals surface area contributed by atoms with Crippen LogP contribution in [0.15, 0.2) is 18.4 Å². The monoisotopic (exact) mass is 207 g/mol. The summed E-state index contributed by atoms with van der Waals surface area (Å²) in [4.78, 5) is 24.8. The molecule has 1 fully saturated rings. The maximum absolute atomic E-state index is 11.8. The van der Waals surface area contributed by atoms with Gasteiger partial charge in [0.2, 0.25) is 5.91 Å². The largest absolute Gasteiger partial charge is 0.345 e. The summed E-state index contributed by atoms with van der Waals surface area (Å²) in [6.45, 7) is 4.08. The van der Waals surface area contributed by atoms with Gasteiger partial charge in [-0.25, -0.2) is 0 Å². The van der Waals surface area contributed by atoms with Crippen LogP contribution in [0.2, 0.25) is 0 Å². The number of hydrogen-bond acceptors (Lipinski definition) is 2. The molecule has 0 saturated heterocycles. The van der Waals surface area contributed by atoms with Crippen LogP contribution in [0, 0.1) is 5.92 Å². The number of nitrogens with zero attached hydrogens (tertiary/aromatic N) is 1. The van der Waals surface area contributed by atoms with Gasteiger partial charge >= 0.3 is 0 Å². The third-order valence-corrected chi connectivity index (χ3v) is 2.73. The lowest BCUT2D eigenvalue weighted by molar-refractivity contribution is -0.138. The molecule has 1 aliphatic carbocycles. The summed E-state index contributed by atoms with van der Waals surface area (Å²) in [5.41, 5.74) is 2.66. The SMILES string of the molecule is C=C=CCCN(C)C(=O)C1CCCC1=O. The molecule has 0 radical (unpaired) electrons. The minimum atomic E-state index is -0.372. The molecule has 0 heterocycles. The molecule has 0 bridgehead atoms. The number of ketones is 1. The Morgan fingerprint density at radius 1 is 1.73 bits per heavy atom. The molecule has 0 aromatic carbocycles. The van der Waals surface area contributed by atoms with E-state index in [1.165, 1.54) is 0 Å². The van der Waals surface area contributed by atoms with Gasteiger partial charge in [-0.15, -0.1) is 5.73 Å². The minimum Gasteiger partial charge on any atom is -0.345 e. The molecule has 1 aliphatic rings. The standard InChI is InChI=1S/C12H17NO2/c1-3-4-5-9-13(2)12(15)10-7-6-8-11(10)14/h4,10H,1,5-9H2,2H3. The second kappa shape index (κ2) is 5.52. The second-order valence-electron chi connectivity index (χ2n) is 3.87. The minimum absolute atomic E-state index is 0.0324. The fourth-order valence-electron chi connectivity index (χ4n) is 1.81. The predicted octanol–water partition coefficient (Wildman–Crippen LogP) is 1.55. The van der Waals surface area contributed by atoms with Crippen molar-refractivity contribution < 1.29 is 9.59 Å². The van der Waals surface area contributed by atoms with E-state index in [0.717, 1.165) is 19.3 Å². The van der Waals surface area contributed by atoms with Gasteiger partial charge in [0.25, 0.3) is 0 Å². The lowest BCUT2D eigenvalue weighted by Crippen LogP contribution is -2.35. The smallest absolute Gasteiger partial charge is 0.232 e. The number of Topliss-reactive ketones (excluding diaryl/α,β-unsaturated/α-hetero) is 1. The summed E-state index contributed by atoms with van der Waals surface area (Å²) in [7, 11) is 1.74. The maximum Gasteiger partial charge on any atom is 0.232 e. The van der Waals surface area contributed by atoms with Crippen LogP contribution in [0.3, 0.4) is 0 Å². The summed E-state index contributed by atoms with van der Waals surface area (Å²) in [6, 6.07) is 0. The highest BCUT2D eigenvalue weighted by molar-refractivity contribution is 6.02. The van der Waals surface area contributed by atoms with Crippen LogP contribution in [-0.4, -0.2) is 30.2 Å². The predicted molar refractivity (Wildman–Crippen MR) is 58.3 cm³/mol. The van der Waals surface area contributed by atoms with Gasteiger partial charge in [0.15, 0.2) is 0 Å². The average Bonchev–Trinajstić information content (AvgIpc) is 2.63. The molecule has 1 unspecified atom stereocenters. The number of carbonyl (C=O) groups excluding carboxylic acids is 2. The van der Waals surface area contributed by atoms with Crippen LogP contribution in [0.5, 0.6) is 0 Å². The van der Waals surface area contributed by atoms with Crippen molar-refractivity contribution in [3.05, 3.63) is 18.4 Å². The van der Waals surface area contributed by atoms with Gasteiger partial charge in [-0.05, 0) is 25.3 Å².